The fourth-order valence-corrected chi connectivity index (χ4v) is 4.23. The summed E-state index contributed by atoms with van der Waals surface area (Å²) in [6.07, 6.45) is -0.464. The molecule has 2 aromatic carbocycles. The molecule has 3 amide bonds. The topological polar surface area (TPSA) is 99.2 Å². The van der Waals surface area contributed by atoms with Gasteiger partial charge in [-0.25, -0.2) is 9.18 Å². The van der Waals surface area contributed by atoms with Crippen molar-refractivity contribution in [1.82, 2.24) is 5.32 Å². The number of hydrogen-bond donors (Lipinski definition) is 2. The lowest BCUT2D eigenvalue weighted by atomic mass is 10.1. The summed E-state index contributed by atoms with van der Waals surface area (Å²) in [5.41, 5.74) is 2.68. The largest absolute Gasteiger partial charge is 0.410 e. The minimum atomic E-state index is -2.31. The second-order valence-electron chi connectivity index (χ2n) is 7.75. The average molecular weight is 462 g/mol. The number of rotatable bonds is 4. The predicted octanol–water partition coefficient (Wildman–Crippen LogP) is 2.74. The average Bonchev–Trinajstić information content (AvgIpc) is 3.27. The van der Waals surface area contributed by atoms with Gasteiger partial charge in [-0.15, -0.1) is 0 Å². The molecule has 8 nitrogen and oxygen atoms in total. The first kappa shape index (κ1) is 22.0. The summed E-state index contributed by atoms with van der Waals surface area (Å²) in [4.78, 5) is 39.7. The maximum atomic E-state index is 13.4. The van der Waals surface area contributed by atoms with Gasteiger partial charge in [-0.1, -0.05) is 11.6 Å². The Morgan fingerprint density at radius 3 is 2.75 bits per heavy atom. The number of anilines is 2. The van der Waals surface area contributed by atoms with E-state index < -0.39 is 23.6 Å². The minimum absolute atomic E-state index is 0.0527. The van der Waals surface area contributed by atoms with E-state index in [2.05, 4.69) is 5.32 Å². The molecule has 0 saturated carbocycles. The highest BCUT2D eigenvalue weighted by atomic mass is 35.5. The zero-order valence-electron chi connectivity index (χ0n) is 17.2. The number of amides is 3. The Labute approximate surface area is 188 Å². The molecule has 0 radical (unpaired) electrons. The van der Waals surface area contributed by atoms with Crippen LogP contribution in [0.5, 0.6) is 0 Å². The van der Waals surface area contributed by atoms with Gasteiger partial charge in [-0.05, 0) is 53.9 Å². The van der Waals surface area contributed by atoms with Crippen LogP contribution in [-0.2, 0) is 27.3 Å². The van der Waals surface area contributed by atoms with Crippen molar-refractivity contribution in [1.29, 1.82) is 0 Å². The summed E-state index contributed by atoms with van der Waals surface area (Å²) < 4.78 is 18.4. The molecule has 10 heteroatoms. The maximum Gasteiger partial charge on any atom is 0.410 e. The number of nitrogens with zero attached hydrogens (tertiary/aromatic N) is 2. The highest BCUT2D eigenvalue weighted by Crippen LogP contribution is 2.35. The number of benzene rings is 2. The maximum absolute atomic E-state index is 13.4. The first-order chi connectivity index (χ1) is 15.2. The minimum Gasteiger partial charge on any atom is -0.407 e. The highest BCUT2D eigenvalue weighted by Gasteiger charge is 2.49. The van der Waals surface area contributed by atoms with Gasteiger partial charge in [0.25, 0.3) is 11.7 Å². The lowest BCUT2D eigenvalue weighted by molar-refractivity contribution is -0.175. The molecule has 1 unspecified atom stereocenters. The molecule has 2 aromatic rings. The number of aliphatic hydroxyl groups is 1. The Morgan fingerprint density at radius 1 is 1.25 bits per heavy atom. The van der Waals surface area contributed by atoms with Crippen LogP contribution in [0.1, 0.15) is 24.5 Å². The van der Waals surface area contributed by atoms with Crippen molar-refractivity contribution in [3.05, 3.63) is 58.4 Å². The fourth-order valence-electron chi connectivity index (χ4n) is 3.98. The van der Waals surface area contributed by atoms with Crippen LogP contribution in [0.15, 0.2) is 36.4 Å². The number of carbonyl (C=O) groups is 3. The molecule has 1 saturated heterocycles. The van der Waals surface area contributed by atoms with Gasteiger partial charge in [-0.2, -0.15) is 0 Å². The van der Waals surface area contributed by atoms with Crippen molar-refractivity contribution >= 4 is 40.9 Å². The Balaban J connectivity index is 1.41. The van der Waals surface area contributed by atoms with Gasteiger partial charge >= 0.3 is 6.09 Å². The number of ether oxygens (including phenoxy) is 1. The van der Waals surface area contributed by atoms with Crippen molar-refractivity contribution in [3.8, 4) is 0 Å². The van der Waals surface area contributed by atoms with Crippen LogP contribution in [0.25, 0.3) is 0 Å². The first-order valence-corrected chi connectivity index (χ1v) is 10.4. The molecule has 2 aliphatic heterocycles. The van der Waals surface area contributed by atoms with Crippen LogP contribution in [0.2, 0.25) is 5.02 Å². The summed E-state index contributed by atoms with van der Waals surface area (Å²) in [5.74, 6) is -3.68. The molecule has 2 N–H and O–H groups in total. The molecule has 2 heterocycles. The van der Waals surface area contributed by atoms with E-state index in [0.29, 0.717) is 24.2 Å². The standard InChI is InChI=1S/C22H21ClFN3O5/c1-13(28)26-6-4-15-10-18(2-3-19(15)26)27-7-5-22(31,20(27)29)32-21(30)25-12-14-8-16(23)11-17(24)9-14/h2-3,8-11,31H,4-7,12H2,1H3,(H,25,30). The summed E-state index contributed by atoms with van der Waals surface area (Å²) in [6.45, 7) is 2.13. The van der Waals surface area contributed by atoms with Crippen molar-refractivity contribution < 1.29 is 28.6 Å². The van der Waals surface area contributed by atoms with Crippen molar-refractivity contribution in [2.75, 3.05) is 22.9 Å². The van der Waals surface area contributed by atoms with E-state index in [1.54, 1.807) is 23.1 Å². The molecule has 4 rings (SSSR count). The van der Waals surface area contributed by atoms with E-state index in [4.69, 9.17) is 16.3 Å². The van der Waals surface area contributed by atoms with Crippen LogP contribution in [0.4, 0.5) is 20.6 Å². The fraction of sp³-hybridized carbons (Fsp3) is 0.318. The van der Waals surface area contributed by atoms with E-state index in [9.17, 15) is 23.9 Å². The molecular formula is C22H21ClFN3O5. The Morgan fingerprint density at radius 2 is 2.03 bits per heavy atom. The van der Waals surface area contributed by atoms with Gasteiger partial charge in [0.1, 0.15) is 5.82 Å². The van der Waals surface area contributed by atoms with Gasteiger partial charge in [0, 0.05) is 49.4 Å². The van der Waals surface area contributed by atoms with Crippen LogP contribution < -0.4 is 15.1 Å². The zero-order valence-corrected chi connectivity index (χ0v) is 18.0. The monoisotopic (exact) mass is 461 g/mol. The van der Waals surface area contributed by atoms with Gasteiger partial charge in [-0.3, -0.25) is 9.59 Å². The Hall–Kier alpha value is -3.17. The third kappa shape index (κ3) is 4.26. The van der Waals surface area contributed by atoms with E-state index in [-0.39, 0.29) is 30.4 Å². The third-order valence-corrected chi connectivity index (χ3v) is 5.74. The van der Waals surface area contributed by atoms with Crippen LogP contribution in [0.3, 0.4) is 0 Å². The molecule has 0 spiro atoms. The molecule has 0 aliphatic carbocycles. The molecule has 1 fully saturated rings. The number of alkyl carbamates (subject to hydrolysis) is 1. The number of carbonyl (C=O) groups excluding carboxylic acids is 3. The molecule has 1 atom stereocenters. The van der Waals surface area contributed by atoms with Crippen molar-refractivity contribution in [2.45, 2.75) is 32.1 Å². The Bertz CT molecular complexity index is 1090. The number of nitrogens with one attached hydrogen (secondary N) is 1. The smallest absolute Gasteiger partial charge is 0.407 e. The second kappa shape index (κ2) is 8.40. The summed E-state index contributed by atoms with van der Waals surface area (Å²) in [7, 11) is 0. The lowest BCUT2D eigenvalue weighted by Crippen LogP contribution is -2.46. The normalized spacial score (nSPS) is 19.8. The molecule has 0 bridgehead atoms. The summed E-state index contributed by atoms with van der Waals surface area (Å²) in [5, 5.41) is 13.2. The van der Waals surface area contributed by atoms with Gasteiger partial charge in [0.05, 0.1) is 0 Å². The van der Waals surface area contributed by atoms with Crippen LogP contribution in [0, 0.1) is 5.82 Å². The van der Waals surface area contributed by atoms with Crippen molar-refractivity contribution in [3.63, 3.8) is 0 Å². The number of fused-ring (bicyclic) bond motifs is 1. The molecular weight excluding hydrogens is 441 g/mol. The van der Waals surface area contributed by atoms with Crippen LogP contribution in [-0.4, -0.2) is 41.9 Å². The highest BCUT2D eigenvalue weighted by molar-refractivity contribution is 6.30. The summed E-state index contributed by atoms with van der Waals surface area (Å²) >= 11 is 5.78. The first-order valence-electron chi connectivity index (χ1n) is 10.0. The molecule has 32 heavy (non-hydrogen) atoms. The van der Waals surface area contributed by atoms with Crippen LogP contribution >= 0.6 is 11.6 Å². The van der Waals surface area contributed by atoms with Gasteiger partial charge < -0.3 is 25.0 Å². The summed E-state index contributed by atoms with van der Waals surface area (Å²) in [6, 6.07) is 9.07. The van der Waals surface area contributed by atoms with Gasteiger partial charge in [0.2, 0.25) is 5.91 Å². The van der Waals surface area contributed by atoms with E-state index in [0.717, 1.165) is 17.3 Å². The quantitative estimate of drug-likeness (QED) is 0.682. The SMILES string of the molecule is CC(=O)N1CCc2cc(N3CCC(O)(OC(=O)NCc4cc(F)cc(Cl)c4)C3=O)ccc21. The molecule has 2 aliphatic rings. The Kier molecular flexibility index (Phi) is 5.79. The number of hydrogen-bond acceptors (Lipinski definition) is 5. The number of halogens is 2. The second-order valence-corrected chi connectivity index (χ2v) is 8.18. The van der Waals surface area contributed by atoms with Crippen molar-refractivity contribution in [2.24, 2.45) is 0 Å². The van der Waals surface area contributed by atoms with E-state index >= 15 is 0 Å². The zero-order chi connectivity index (χ0) is 23.0. The van der Waals surface area contributed by atoms with Gasteiger partial charge in [0.15, 0.2) is 0 Å². The van der Waals surface area contributed by atoms with E-state index in [1.807, 2.05) is 0 Å². The molecule has 0 aromatic heterocycles. The third-order valence-electron chi connectivity index (χ3n) is 5.52. The van der Waals surface area contributed by atoms with E-state index in [1.165, 1.54) is 24.0 Å². The predicted molar refractivity (Wildman–Crippen MR) is 115 cm³/mol. The lowest BCUT2D eigenvalue weighted by Gasteiger charge is -2.23. The molecule has 168 valence electrons.